The van der Waals surface area contributed by atoms with Gasteiger partial charge in [-0.05, 0) is 36.4 Å². The maximum atomic E-state index is 13.2. The molecule has 104 valence electrons. The summed E-state index contributed by atoms with van der Waals surface area (Å²) >= 11 is 5.55. The van der Waals surface area contributed by atoms with Crippen molar-refractivity contribution in [2.24, 2.45) is 0 Å². The van der Waals surface area contributed by atoms with Crippen molar-refractivity contribution >= 4 is 28.9 Å². The number of carbonyl (C=O) groups excluding carboxylic acids is 1. The lowest BCUT2D eigenvalue weighted by Gasteiger charge is -2.08. The molecule has 0 heterocycles. The quantitative estimate of drug-likeness (QED) is 0.904. The molecule has 0 aliphatic heterocycles. The molecule has 0 saturated carbocycles. The van der Waals surface area contributed by atoms with E-state index in [1.54, 1.807) is 12.1 Å². The summed E-state index contributed by atoms with van der Waals surface area (Å²) in [5, 5.41) is 5.27. The predicted molar refractivity (Wildman–Crippen MR) is 74.9 cm³/mol. The van der Waals surface area contributed by atoms with E-state index in [9.17, 15) is 13.6 Å². The van der Waals surface area contributed by atoms with Gasteiger partial charge in [0.05, 0.1) is 11.6 Å². The molecule has 1 amide bonds. The van der Waals surface area contributed by atoms with E-state index in [2.05, 4.69) is 10.6 Å². The number of carbonyl (C=O) groups is 1. The van der Waals surface area contributed by atoms with Gasteiger partial charge in [0.15, 0.2) is 0 Å². The fourth-order valence-corrected chi connectivity index (χ4v) is 1.68. The number of amides is 1. The van der Waals surface area contributed by atoms with E-state index in [0.717, 1.165) is 0 Å². The highest BCUT2D eigenvalue weighted by Gasteiger charge is 2.05. The zero-order chi connectivity index (χ0) is 14.5. The molecule has 0 aliphatic rings. The van der Waals surface area contributed by atoms with Crippen molar-refractivity contribution in [2.45, 2.75) is 0 Å². The normalized spacial score (nSPS) is 10.2. The van der Waals surface area contributed by atoms with Crippen molar-refractivity contribution in [2.75, 3.05) is 17.2 Å². The fourth-order valence-electron chi connectivity index (χ4n) is 1.56. The van der Waals surface area contributed by atoms with Gasteiger partial charge in [-0.1, -0.05) is 17.7 Å². The molecule has 3 nitrogen and oxygen atoms in total. The first-order valence-electron chi connectivity index (χ1n) is 5.79. The Hall–Kier alpha value is -2.14. The Bertz CT molecular complexity index is 634. The molecule has 0 fully saturated rings. The van der Waals surface area contributed by atoms with Gasteiger partial charge in [-0.25, -0.2) is 8.78 Å². The van der Waals surface area contributed by atoms with Gasteiger partial charge >= 0.3 is 0 Å². The first kappa shape index (κ1) is 14.3. The van der Waals surface area contributed by atoms with Crippen LogP contribution >= 0.6 is 11.6 Å². The fraction of sp³-hybridized carbons (Fsp3) is 0.0714. The van der Waals surface area contributed by atoms with Crippen LogP contribution in [0.2, 0.25) is 5.02 Å². The second kappa shape index (κ2) is 6.34. The van der Waals surface area contributed by atoms with Crippen LogP contribution in [-0.4, -0.2) is 12.5 Å². The summed E-state index contributed by atoms with van der Waals surface area (Å²) in [5.74, 6) is -1.37. The molecule has 0 unspecified atom stereocenters. The zero-order valence-electron chi connectivity index (χ0n) is 10.3. The number of hydrogen-bond donors (Lipinski definition) is 2. The topological polar surface area (TPSA) is 41.1 Å². The number of halogens is 3. The molecule has 0 bridgehead atoms. The van der Waals surface area contributed by atoms with Crippen LogP contribution in [0.1, 0.15) is 0 Å². The summed E-state index contributed by atoms with van der Waals surface area (Å²) in [6.45, 7) is -0.0718. The molecule has 0 radical (unpaired) electrons. The number of hydrogen-bond acceptors (Lipinski definition) is 2. The standard InChI is InChI=1S/C14H11ClF2N2O/c15-12-5-4-10(7-13(12)17)18-8-14(20)19-11-3-1-2-9(16)6-11/h1-7,18H,8H2,(H,19,20). The number of anilines is 2. The van der Waals surface area contributed by atoms with Gasteiger partial charge in [0, 0.05) is 11.4 Å². The number of nitrogens with one attached hydrogen (secondary N) is 2. The molecule has 0 aromatic heterocycles. The lowest BCUT2D eigenvalue weighted by atomic mass is 10.3. The van der Waals surface area contributed by atoms with Crippen molar-refractivity contribution in [3.63, 3.8) is 0 Å². The summed E-state index contributed by atoms with van der Waals surface area (Å²) in [6.07, 6.45) is 0. The van der Waals surface area contributed by atoms with Crippen LogP contribution in [0.3, 0.4) is 0 Å². The number of benzene rings is 2. The third-order valence-electron chi connectivity index (χ3n) is 2.48. The first-order chi connectivity index (χ1) is 9.54. The van der Waals surface area contributed by atoms with E-state index in [0.29, 0.717) is 11.4 Å². The van der Waals surface area contributed by atoms with Crippen LogP contribution in [0.25, 0.3) is 0 Å². The average molecular weight is 297 g/mol. The van der Waals surface area contributed by atoms with E-state index in [-0.39, 0.29) is 17.5 Å². The Kier molecular flexibility index (Phi) is 4.53. The molecule has 2 N–H and O–H groups in total. The van der Waals surface area contributed by atoms with Gasteiger partial charge in [-0.3, -0.25) is 4.79 Å². The van der Waals surface area contributed by atoms with Crippen LogP contribution < -0.4 is 10.6 Å². The molecular formula is C14H11ClF2N2O. The summed E-state index contributed by atoms with van der Waals surface area (Å²) in [5.41, 5.74) is 0.792. The lowest BCUT2D eigenvalue weighted by molar-refractivity contribution is -0.114. The molecule has 0 saturated heterocycles. The first-order valence-corrected chi connectivity index (χ1v) is 6.17. The molecular weight excluding hydrogens is 286 g/mol. The highest BCUT2D eigenvalue weighted by atomic mass is 35.5. The smallest absolute Gasteiger partial charge is 0.243 e. The summed E-state index contributed by atoms with van der Waals surface area (Å²) in [4.78, 5) is 11.6. The maximum Gasteiger partial charge on any atom is 0.243 e. The Morgan fingerprint density at radius 1 is 1.10 bits per heavy atom. The van der Waals surface area contributed by atoms with Crippen molar-refractivity contribution in [3.8, 4) is 0 Å². The van der Waals surface area contributed by atoms with Crippen molar-refractivity contribution in [3.05, 3.63) is 59.1 Å². The largest absolute Gasteiger partial charge is 0.376 e. The minimum Gasteiger partial charge on any atom is -0.376 e. The second-order valence-electron chi connectivity index (χ2n) is 4.04. The lowest BCUT2D eigenvalue weighted by Crippen LogP contribution is -2.21. The molecule has 2 aromatic rings. The molecule has 0 aliphatic carbocycles. The van der Waals surface area contributed by atoms with E-state index < -0.39 is 11.6 Å². The zero-order valence-corrected chi connectivity index (χ0v) is 11.0. The van der Waals surface area contributed by atoms with Gasteiger partial charge in [-0.15, -0.1) is 0 Å². The summed E-state index contributed by atoms with van der Waals surface area (Å²) in [6, 6.07) is 9.70. The highest BCUT2D eigenvalue weighted by molar-refractivity contribution is 6.30. The van der Waals surface area contributed by atoms with E-state index in [4.69, 9.17) is 11.6 Å². The van der Waals surface area contributed by atoms with Crippen LogP contribution in [0, 0.1) is 11.6 Å². The molecule has 2 aromatic carbocycles. The van der Waals surface area contributed by atoms with Crippen LogP contribution in [0.5, 0.6) is 0 Å². The van der Waals surface area contributed by atoms with Crippen molar-refractivity contribution < 1.29 is 13.6 Å². The molecule has 6 heteroatoms. The third-order valence-corrected chi connectivity index (χ3v) is 2.79. The van der Waals surface area contributed by atoms with E-state index in [1.807, 2.05) is 0 Å². The van der Waals surface area contributed by atoms with Gasteiger partial charge in [0.25, 0.3) is 0 Å². The van der Waals surface area contributed by atoms with Crippen molar-refractivity contribution in [1.29, 1.82) is 0 Å². The van der Waals surface area contributed by atoms with Gasteiger partial charge in [-0.2, -0.15) is 0 Å². The van der Waals surface area contributed by atoms with Crippen LogP contribution in [-0.2, 0) is 4.79 Å². The molecule has 20 heavy (non-hydrogen) atoms. The van der Waals surface area contributed by atoms with E-state index >= 15 is 0 Å². The van der Waals surface area contributed by atoms with Gasteiger partial charge < -0.3 is 10.6 Å². The third kappa shape index (κ3) is 3.93. The molecule has 0 spiro atoms. The summed E-state index contributed by atoms with van der Waals surface area (Å²) in [7, 11) is 0. The van der Waals surface area contributed by atoms with Crippen LogP contribution in [0.15, 0.2) is 42.5 Å². The van der Waals surface area contributed by atoms with Gasteiger partial charge in [0.1, 0.15) is 11.6 Å². The van der Waals surface area contributed by atoms with Crippen molar-refractivity contribution in [1.82, 2.24) is 0 Å². The molecule has 0 atom stereocenters. The minimum absolute atomic E-state index is 0.0137. The highest BCUT2D eigenvalue weighted by Crippen LogP contribution is 2.18. The minimum atomic E-state index is -0.567. The SMILES string of the molecule is O=C(CNc1ccc(Cl)c(F)c1)Nc1cccc(F)c1. The number of rotatable bonds is 4. The second-order valence-corrected chi connectivity index (χ2v) is 4.45. The predicted octanol–water partition coefficient (Wildman–Crippen LogP) is 3.67. The summed E-state index contributed by atoms with van der Waals surface area (Å²) < 4.78 is 26.1. The molecule has 2 rings (SSSR count). The van der Waals surface area contributed by atoms with E-state index in [1.165, 1.54) is 30.3 Å². The maximum absolute atomic E-state index is 13.2. The Morgan fingerprint density at radius 2 is 1.90 bits per heavy atom. The Labute approximate surface area is 119 Å². The monoisotopic (exact) mass is 296 g/mol. The Balaban J connectivity index is 1.90. The van der Waals surface area contributed by atoms with Gasteiger partial charge in [0.2, 0.25) is 5.91 Å². The van der Waals surface area contributed by atoms with Crippen LogP contribution in [0.4, 0.5) is 20.2 Å². The average Bonchev–Trinajstić information content (AvgIpc) is 2.40. The Morgan fingerprint density at radius 3 is 2.60 bits per heavy atom.